The Morgan fingerprint density at radius 3 is 2.71 bits per heavy atom. The molecule has 1 atom stereocenters. The van der Waals surface area contributed by atoms with Crippen LogP contribution in [0.2, 0.25) is 0 Å². The average Bonchev–Trinajstić information content (AvgIpc) is 3.19. The van der Waals surface area contributed by atoms with E-state index in [9.17, 15) is 0 Å². The number of thiazole rings is 1. The maximum absolute atomic E-state index is 4.92. The van der Waals surface area contributed by atoms with Crippen LogP contribution in [0.5, 0.6) is 0 Å². The van der Waals surface area contributed by atoms with Gasteiger partial charge in [-0.15, -0.1) is 11.3 Å². The molecule has 0 bridgehead atoms. The van der Waals surface area contributed by atoms with Crippen LogP contribution in [0.15, 0.2) is 35.7 Å². The standard InChI is InChI=1S/C18H24N2S/c1-2-19-17(14-8-4-3-5-9-14)12-16-13-21-18(20-16)15-10-6-7-11-15/h3-5,8-9,13,15,17,19H,2,6-7,10-12H2,1H3. The Morgan fingerprint density at radius 2 is 2.00 bits per heavy atom. The van der Waals surface area contributed by atoms with Gasteiger partial charge in [-0.05, 0) is 24.9 Å². The number of rotatable bonds is 6. The Bertz CT molecular complexity index is 543. The van der Waals surface area contributed by atoms with Crippen LogP contribution in [-0.2, 0) is 6.42 Å². The average molecular weight is 300 g/mol. The van der Waals surface area contributed by atoms with Crippen LogP contribution in [0.25, 0.3) is 0 Å². The smallest absolute Gasteiger partial charge is 0.0959 e. The SMILES string of the molecule is CCNC(Cc1csc(C2CCCC2)n1)c1ccccc1. The summed E-state index contributed by atoms with van der Waals surface area (Å²) in [6.45, 7) is 3.15. The molecule has 21 heavy (non-hydrogen) atoms. The van der Waals surface area contributed by atoms with E-state index in [-0.39, 0.29) is 0 Å². The first-order valence-corrected chi connectivity index (χ1v) is 8.97. The maximum atomic E-state index is 4.92. The second-order valence-electron chi connectivity index (χ2n) is 5.88. The second-order valence-corrected chi connectivity index (χ2v) is 6.77. The first kappa shape index (κ1) is 14.7. The normalized spacial score (nSPS) is 17.2. The van der Waals surface area contributed by atoms with Gasteiger partial charge in [0.25, 0.3) is 0 Å². The molecule has 0 aliphatic heterocycles. The molecule has 0 radical (unpaired) electrons. The van der Waals surface area contributed by atoms with Crippen molar-refractivity contribution in [2.45, 2.75) is 51.0 Å². The lowest BCUT2D eigenvalue weighted by molar-refractivity contribution is 0.544. The minimum Gasteiger partial charge on any atom is -0.310 e. The highest BCUT2D eigenvalue weighted by Gasteiger charge is 2.21. The van der Waals surface area contributed by atoms with Gasteiger partial charge in [-0.3, -0.25) is 0 Å². The molecule has 1 aliphatic rings. The van der Waals surface area contributed by atoms with Crippen molar-refractivity contribution in [3.05, 3.63) is 52.0 Å². The minimum atomic E-state index is 0.370. The number of nitrogens with one attached hydrogen (secondary N) is 1. The number of aromatic nitrogens is 1. The number of likely N-dealkylation sites (N-methyl/N-ethyl adjacent to an activating group) is 1. The lowest BCUT2D eigenvalue weighted by Crippen LogP contribution is -2.23. The van der Waals surface area contributed by atoms with Crippen molar-refractivity contribution in [1.29, 1.82) is 0 Å². The van der Waals surface area contributed by atoms with E-state index in [4.69, 9.17) is 4.98 Å². The van der Waals surface area contributed by atoms with Gasteiger partial charge in [0.2, 0.25) is 0 Å². The lowest BCUT2D eigenvalue weighted by atomic mass is 10.0. The van der Waals surface area contributed by atoms with Crippen LogP contribution in [0.1, 0.15) is 60.8 Å². The highest BCUT2D eigenvalue weighted by atomic mass is 32.1. The largest absolute Gasteiger partial charge is 0.310 e. The Kier molecular flexibility index (Phi) is 5.04. The summed E-state index contributed by atoms with van der Waals surface area (Å²) in [6, 6.07) is 11.1. The fourth-order valence-electron chi connectivity index (χ4n) is 3.23. The van der Waals surface area contributed by atoms with Crippen molar-refractivity contribution in [2.75, 3.05) is 6.54 Å². The molecular formula is C18H24N2S. The van der Waals surface area contributed by atoms with Gasteiger partial charge in [-0.1, -0.05) is 50.1 Å². The summed E-state index contributed by atoms with van der Waals surface area (Å²) in [5.74, 6) is 0.734. The van der Waals surface area contributed by atoms with Crippen LogP contribution >= 0.6 is 11.3 Å². The van der Waals surface area contributed by atoms with Gasteiger partial charge in [0.15, 0.2) is 0 Å². The number of hydrogen-bond donors (Lipinski definition) is 1. The summed E-state index contributed by atoms with van der Waals surface area (Å²) in [4.78, 5) is 4.92. The summed E-state index contributed by atoms with van der Waals surface area (Å²) in [6.07, 6.45) is 6.42. The Morgan fingerprint density at radius 1 is 1.24 bits per heavy atom. The van der Waals surface area contributed by atoms with Gasteiger partial charge in [0.1, 0.15) is 0 Å². The molecule has 1 aromatic heterocycles. The lowest BCUT2D eigenvalue weighted by Gasteiger charge is -2.17. The summed E-state index contributed by atoms with van der Waals surface area (Å²) in [7, 11) is 0. The summed E-state index contributed by atoms with van der Waals surface area (Å²) >= 11 is 1.86. The van der Waals surface area contributed by atoms with Crippen LogP contribution in [0, 0.1) is 0 Å². The third-order valence-corrected chi connectivity index (χ3v) is 5.40. The summed E-state index contributed by atoms with van der Waals surface area (Å²) < 4.78 is 0. The van der Waals surface area contributed by atoms with Gasteiger partial charge in [0.05, 0.1) is 10.7 Å². The van der Waals surface area contributed by atoms with Crippen LogP contribution in [0.3, 0.4) is 0 Å². The molecule has 1 fully saturated rings. The molecular weight excluding hydrogens is 276 g/mol. The molecule has 1 heterocycles. The van der Waals surface area contributed by atoms with Gasteiger partial charge >= 0.3 is 0 Å². The zero-order valence-electron chi connectivity index (χ0n) is 12.7. The first-order chi connectivity index (χ1) is 10.4. The number of hydrogen-bond acceptors (Lipinski definition) is 3. The molecule has 0 spiro atoms. The third-order valence-electron chi connectivity index (χ3n) is 4.34. The molecule has 1 aliphatic carbocycles. The fraction of sp³-hybridized carbons (Fsp3) is 0.500. The summed E-state index contributed by atoms with van der Waals surface area (Å²) in [5, 5.41) is 7.22. The maximum Gasteiger partial charge on any atom is 0.0959 e. The molecule has 2 nitrogen and oxygen atoms in total. The van der Waals surface area contributed by atoms with Gasteiger partial charge in [-0.2, -0.15) is 0 Å². The van der Waals surface area contributed by atoms with Crippen LogP contribution in [-0.4, -0.2) is 11.5 Å². The van der Waals surface area contributed by atoms with E-state index in [1.807, 2.05) is 11.3 Å². The monoisotopic (exact) mass is 300 g/mol. The molecule has 1 N–H and O–H groups in total. The number of benzene rings is 1. The number of nitrogens with zero attached hydrogens (tertiary/aromatic N) is 1. The topological polar surface area (TPSA) is 24.9 Å². The molecule has 1 saturated carbocycles. The molecule has 2 aromatic rings. The highest BCUT2D eigenvalue weighted by Crippen LogP contribution is 2.36. The van der Waals surface area contributed by atoms with E-state index in [0.29, 0.717) is 6.04 Å². The first-order valence-electron chi connectivity index (χ1n) is 8.09. The third kappa shape index (κ3) is 3.72. The van der Waals surface area contributed by atoms with E-state index >= 15 is 0 Å². The highest BCUT2D eigenvalue weighted by molar-refractivity contribution is 7.09. The van der Waals surface area contributed by atoms with Crippen molar-refractivity contribution >= 4 is 11.3 Å². The fourth-order valence-corrected chi connectivity index (χ4v) is 4.23. The molecule has 3 heteroatoms. The van der Waals surface area contributed by atoms with Crippen LogP contribution in [0.4, 0.5) is 0 Å². The van der Waals surface area contributed by atoms with Gasteiger partial charge < -0.3 is 5.32 Å². The zero-order valence-corrected chi connectivity index (χ0v) is 13.5. The molecule has 1 aromatic carbocycles. The van der Waals surface area contributed by atoms with E-state index in [1.54, 1.807) is 0 Å². The quantitative estimate of drug-likeness (QED) is 0.837. The second kappa shape index (κ2) is 7.19. The molecule has 1 unspecified atom stereocenters. The molecule has 0 amide bonds. The predicted molar refractivity (Wildman–Crippen MR) is 89.9 cm³/mol. The van der Waals surface area contributed by atoms with Crippen molar-refractivity contribution < 1.29 is 0 Å². The molecule has 3 rings (SSSR count). The van der Waals surface area contributed by atoms with Crippen molar-refractivity contribution in [3.8, 4) is 0 Å². The van der Waals surface area contributed by atoms with Crippen molar-refractivity contribution in [2.24, 2.45) is 0 Å². The Hall–Kier alpha value is -1.19. The van der Waals surface area contributed by atoms with E-state index in [2.05, 4.69) is 48.0 Å². The minimum absolute atomic E-state index is 0.370. The molecule has 0 saturated heterocycles. The predicted octanol–water partition coefficient (Wildman–Crippen LogP) is 4.69. The zero-order chi connectivity index (χ0) is 14.5. The van der Waals surface area contributed by atoms with Crippen molar-refractivity contribution in [3.63, 3.8) is 0 Å². The van der Waals surface area contributed by atoms with E-state index in [1.165, 1.54) is 41.9 Å². The van der Waals surface area contributed by atoms with E-state index < -0.39 is 0 Å². The Labute approximate surface area is 131 Å². The Balaban J connectivity index is 1.71. The van der Waals surface area contributed by atoms with Gasteiger partial charge in [0, 0.05) is 23.8 Å². The van der Waals surface area contributed by atoms with Crippen molar-refractivity contribution in [1.82, 2.24) is 10.3 Å². The van der Waals surface area contributed by atoms with Gasteiger partial charge in [-0.25, -0.2) is 4.98 Å². The van der Waals surface area contributed by atoms with E-state index in [0.717, 1.165) is 18.9 Å². The summed E-state index contributed by atoms with van der Waals surface area (Å²) in [5.41, 5.74) is 2.60. The molecule has 112 valence electrons. The van der Waals surface area contributed by atoms with Crippen LogP contribution < -0.4 is 5.32 Å².